The largest absolute Gasteiger partial charge is 0.451 e. The molecule has 0 bridgehead atoms. The minimum absolute atomic E-state index is 0.110. The molecule has 1 unspecified atom stereocenters. The van der Waals surface area contributed by atoms with Crippen LogP contribution in [0.4, 0.5) is 11.5 Å². The summed E-state index contributed by atoms with van der Waals surface area (Å²) in [6, 6.07) is 9.37. The number of furan rings is 1. The van der Waals surface area contributed by atoms with Crippen LogP contribution in [0.2, 0.25) is 0 Å². The quantitative estimate of drug-likeness (QED) is 0.580. The summed E-state index contributed by atoms with van der Waals surface area (Å²) in [5.74, 6) is 0.0850. The number of amides is 1. The minimum Gasteiger partial charge on any atom is -0.451 e. The van der Waals surface area contributed by atoms with Crippen molar-refractivity contribution in [2.24, 2.45) is 0 Å². The van der Waals surface area contributed by atoms with Crippen molar-refractivity contribution in [3.05, 3.63) is 46.8 Å². The SMILES string of the molecule is CN(C)c1ccc2cc(C(=O)NS(=O)c3cc(Br)cnc3NC3CC3)oc2c1. The number of halogens is 1. The van der Waals surface area contributed by atoms with Crippen molar-refractivity contribution in [1.29, 1.82) is 0 Å². The summed E-state index contributed by atoms with van der Waals surface area (Å²) < 4.78 is 21.7. The first-order chi connectivity index (χ1) is 13.4. The highest BCUT2D eigenvalue weighted by Gasteiger charge is 2.25. The number of anilines is 2. The van der Waals surface area contributed by atoms with Gasteiger partial charge in [-0.1, -0.05) is 0 Å². The normalized spacial score (nSPS) is 14.7. The van der Waals surface area contributed by atoms with E-state index < -0.39 is 16.9 Å². The molecule has 7 nitrogen and oxygen atoms in total. The van der Waals surface area contributed by atoms with Gasteiger partial charge in [0.05, 0.1) is 0 Å². The van der Waals surface area contributed by atoms with Gasteiger partial charge >= 0.3 is 0 Å². The molecule has 9 heteroatoms. The number of rotatable bonds is 6. The van der Waals surface area contributed by atoms with Crippen molar-refractivity contribution in [2.45, 2.75) is 23.8 Å². The van der Waals surface area contributed by atoms with Crippen LogP contribution in [0.5, 0.6) is 0 Å². The Morgan fingerprint density at radius 3 is 2.79 bits per heavy atom. The third-order valence-corrected chi connectivity index (χ3v) is 5.88. The Labute approximate surface area is 173 Å². The number of benzene rings is 1. The molecule has 0 aliphatic heterocycles. The van der Waals surface area contributed by atoms with E-state index in [1.807, 2.05) is 37.2 Å². The van der Waals surface area contributed by atoms with Gasteiger partial charge in [-0.25, -0.2) is 9.19 Å². The Morgan fingerprint density at radius 2 is 2.07 bits per heavy atom. The molecule has 3 aromatic rings. The molecule has 2 N–H and O–H groups in total. The molecule has 1 atom stereocenters. The van der Waals surface area contributed by atoms with E-state index in [0.717, 1.165) is 23.9 Å². The molecule has 0 saturated heterocycles. The first-order valence-electron chi connectivity index (χ1n) is 8.76. The van der Waals surface area contributed by atoms with E-state index in [1.165, 1.54) is 0 Å². The van der Waals surface area contributed by atoms with Crippen molar-refractivity contribution in [1.82, 2.24) is 9.71 Å². The molecular formula is C19H19BrN4O3S. The van der Waals surface area contributed by atoms with Gasteiger partial charge in [-0.15, -0.1) is 0 Å². The molecule has 2 heterocycles. The molecular weight excluding hydrogens is 444 g/mol. The molecule has 1 aliphatic rings. The molecule has 0 spiro atoms. The van der Waals surface area contributed by atoms with Crippen LogP contribution >= 0.6 is 15.9 Å². The van der Waals surface area contributed by atoms with Crippen LogP contribution in [0.3, 0.4) is 0 Å². The van der Waals surface area contributed by atoms with Gasteiger partial charge in [0.2, 0.25) is 0 Å². The molecule has 1 aromatic carbocycles. The van der Waals surface area contributed by atoms with E-state index in [1.54, 1.807) is 18.3 Å². The highest BCUT2D eigenvalue weighted by molar-refractivity contribution is 9.10. The number of fused-ring (bicyclic) bond motifs is 1. The Bertz CT molecular complexity index is 1080. The number of aromatic nitrogens is 1. The highest BCUT2D eigenvalue weighted by Crippen LogP contribution is 2.28. The first-order valence-corrected chi connectivity index (χ1v) is 10.7. The Morgan fingerprint density at radius 1 is 1.29 bits per heavy atom. The smallest absolute Gasteiger partial charge is 0.298 e. The summed E-state index contributed by atoms with van der Waals surface area (Å²) in [5.41, 5.74) is 1.57. The lowest BCUT2D eigenvalue weighted by Gasteiger charge is -2.11. The van der Waals surface area contributed by atoms with Crippen molar-refractivity contribution < 1.29 is 13.4 Å². The third-order valence-electron chi connectivity index (χ3n) is 4.37. The third kappa shape index (κ3) is 4.05. The maximum Gasteiger partial charge on any atom is 0.298 e. The van der Waals surface area contributed by atoms with Crippen LogP contribution < -0.4 is 14.9 Å². The number of hydrogen-bond donors (Lipinski definition) is 2. The fourth-order valence-electron chi connectivity index (χ4n) is 2.69. The molecule has 4 rings (SSSR count). The monoisotopic (exact) mass is 462 g/mol. The van der Waals surface area contributed by atoms with Gasteiger partial charge in [0.25, 0.3) is 5.91 Å². The van der Waals surface area contributed by atoms with Crippen molar-refractivity contribution in [3.8, 4) is 0 Å². The summed E-state index contributed by atoms with van der Waals surface area (Å²) >= 11 is 3.34. The predicted octanol–water partition coefficient (Wildman–Crippen LogP) is 3.68. The summed E-state index contributed by atoms with van der Waals surface area (Å²) in [6.45, 7) is 0. The van der Waals surface area contributed by atoms with Crippen LogP contribution in [0.25, 0.3) is 11.0 Å². The predicted molar refractivity (Wildman–Crippen MR) is 113 cm³/mol. The minimum atomic E-state index is -1.78. The van der Waals surface area contributed by atoms with E-state index >= 15 is 0 Å². The number of nitrogens with one attached hydrogen (secondary N) is 2. The number of carbonyl (C=O) groups is 1. The van der Waals surface area contributed by atoms with Gasteiger partial charge < -0.3 is 14.6 Å². The zero-order chi connectivity index (χ0) is 19.8. The van der Waals surface area contributed by atoms with E-state index in [9.17, 15) is 9.00 Å². The molecule has 1 fully saturated rings. The van der Waals surface area contributed by atoms with Crippen LogP contribution in [0.1, 0.15) is 23.4 Å². The molecule has 28 heavy (non-hydrogen) atoms. The number of hydrogen-bond acceptors (Lipinski definition) is 6. The van der Waals surface area contributed by atoms with E-state index in [4.69, 9.17) is 4.42 Å². The van der Waals surface area contributed by atoms with Gasteiger partial charge in [0, 0.05) is 47.9 Å². The molecule has 1 saturated carbocycles. The summed E-state index contributed by atoms with van der Waals surface area (Å²) in [6.07, 6.45) is 3.75. The van der Waals surface area contributed by atoms with Gasteiger partial charge in [-0.3, -0.25) is 9.52 Å². The maximum absolute atomic E-state index is 12.8. The standard InChI is InChI=1S/C19H19BrN4O3S/c1-24(2)14-6-3-11-7-16(27-15(11)9-14)19(25)23-28(26)17-8-12(20)10-21-18(17)22-13-4-5-13/h3,6-10,13H,4-5H2,1-2H3,(H,21,22)(H,23,25). The highest BCUT2D eigenvalue weighted by atomic mass is 79.9. The lowest BCUT2D eigenvalue weighted by Crippen LogP contribution is -2.26. The van der Waals surface area contributed by atoms with Crippen LogP contribution in [-0.4, -0.2) is 35.2 Å². The molecule has 1 amide bonds. The topological polar surface area (TPSA) is 87.5 Å². The van der Waals surface area contributed by atoms with E-state index in [-0.39, 0.29) is 5.76 Å². The zero-order valence-electron chi connectivity index (χ0n) is 15.4. The van der Waals surface area contributed by atoms with Crippen molar-refractivity contribution in [3.63, 3.8) is 0 Å². The van der Waals surface area contributed by atoms with Crippen LogP contribution in [-0.2, 0) is 11.0 Å². The summed E-state index contributed by atoms with van der Waals surface area (Å²) in [4.78, 5) is 19.2. The van der Waals surface area contributed by atoms with Gasteiger partial charge in [-0.05, 0) is 53.0 Å². The molecule has 0 radical (unpaired) electrons. The summed E-state index contributed by atoms with van der Waals surface area (Å²) in [5, 5.41) is 4.05. The number of carbonyl (C=O) groups excluding carboxylic acids is 1. The van der Waals surface area contributed by atoms with Gasteiger partial charge in [0.15, 0.2) is 16.7 Å². The second-order valence-corrected chi connectivity index (χ2v) is 8.94. The Kier molecular flexibility index (Phi) is 5.11. The Hall–Kier alpha value is -2.39. The zero-order valence-corrected chi connectivity index (χ0v) is 17.8. The lowest BCUT2D eigenvalue weighted by atomic mass is 10.2. The Balaban J connectivity index is 1.55. The van der Waals surface area contributed by atoms with Crippen LogP contribution in [0, 0.1) is 0 Å². The average molecular weight is 463 g/mol. The average Bonchev–Trinajstić information content (AvgIpc) is 3.37. The summed E-state index contributed by atoms with van der Waals surface area (Å²) in [7, 11) is 2.08. The first kappa shape index (κ1) is 18.9. The fraction of sp³-hybridized carbons (Fsp3) is 0.263. The van der Waals surface area contributed by atoms with Gasteiger partial charge in [0.1, 0.15) is 16.3 Å². The van der Waals surface area contributed by atoms with Crippen molar-refractivity contribution in [2.75, 3.05) is 24.3 Å². The maximum atomic E-state index is 12.8. The van der Waals surface area contributed by atoms with Crippen molar-refractivity contribution >= 4 is 55.3 Å². The second kappa shape index (κ2) is 7.56. The molecule has 146 valence electrons. The van der Waals surface area contributed by atoms with E-state index in [0.29, 0.717) is 26.8 Å². The van der Waals surface area contributed by atoms with E-state index in [2.05, 4.69) is 31.0 Å². The second-order valence-electron chi connectivity index (χ2n) is 6.85. The number of nitrogens with zero attached hydrogens (tertiary/aromatic N) is 2. The molecule has 1 aliphatic carbocycles. The van der Waals surface area contributed by atoms with Crippen LogP contribution in [0.15, 0.2) is 50.3 Å². The fourth-order valence-corrected chi connectivity index (χ4v) is 4.07. The lowest BCUT2D eigenvalue weighted by molar-refractivity contribution is 0.0958. The van der Waals surface area contributed by atoms with Gasteiger partial charge in [-0.2, -0.15) is 0 Å². The molecule has 2 aromatic heterocycles. The number of pyridine rings is 1.